The molecule has 0 atom stereocenters. The molecule has 0 aromatic carbocycles. The second kappa shape index (κ2) is 5.97. The predicted molar refractivity (Wildman–Crippen MR) is 71.0 cm³/mol. The summed E-state index contributed by atoms with van der Waals surface area (Å²) in [5, 5.41) is -6.29. The molecule has 2 aromatic heterocycles. The highest BCUT2D eigenvalue weighted by Crippen LogP contribution is 2.59. The largest absolute Gasteiger partial charge is 0.393 e. The second-order valence-electron chi connectivity index (χ2n) is 5.20. The molecule has 0 bridgehead atoms. The minimum Gasteiger partial charge on any atom is -0.269 e. The number of pyridine rings is 1. The summed E-state index contributed by atoms with van der Waals surface area (Å²) in [7, 11) is 0. The van der Waals surface area contributed by atoms with Crippen LogP contribution in [0, 0.1) is 0 Å². The van der Waals surface area contributed by atoms with E-state index in [-0.39, 0.29) is 6.07 Å². The highest BCUT2D eigenvalue weighted by atomic mass is 35.5. The van der Waals surface area contributed by atoms with Crippen molar-refractivity contribution in [2.45, 2.75) is 29.1 Å². The average molecular weight is 431 g/mol. The van der Waals surface area contributed by atoms with Gasteiger partial charge in [-0.2, -0.15) is 43.9 Å². The lowest BCUT2D eigenvalue weighted by molar-refractivity contribution is -0.393. The van der Waals surface area contributed by atoms with Crippen molar-refractivity contribution in [1.29, 1.82) is 0 Å². The summed E-state index contributed by atoms with van der Waals surface area (Å²) < 4.78 is 134. The van der Waals surface area contributed by atoms with Crippen LogP contribution in [0.3, 0.4) is 0 Å². The molecule has 0 spiro atoms. The smallest absolute Gasteiger partial charge is 0.269 e. The third-order valence-corrected chi connectivity index (χ3v) is 3.67. The van der Waals surface area contributed by atoms with Gasteiger partial charge < -0.3 is 0 Å². The third-order valence-electron chi connectivity index (χ3n) is 3.43. The topological polar surface area (TPSA) is 34.4 Å². The van der Waals surface area contributed by atoms with Crippen molar-refractivity contribution in [3.8, 4) is 0 Å². The van der Waals surface area contributed by atoms with Crippen LogP contribution in [0.5, 0.6) is 0 Å². The summed E-state index contributed by atoms with van der Waals surface area (Å²) in [5.74, 6) is -27.7. The van der Waals surface area contributed by atoms with Crippen LogP contribution in [0.25, 0.3) is 5.65 Å². The number of fused-ring (bicyclic) bond motifs is 1. The van der Waals surface area contributed by atoms with Gasteiger partial charge in [-0.25, -0.2) is 4.98 Å². The van der Waals surface area contributed by atoms with Gasteiger partial charge in [-0.1, -0.05) is 6.07 Å². The molecule has 0 saturated carbocycles. The molecular weight excluding hydrogens is 426 g/mol. The Bertz CT molecular complexity index is 921. The van der Waals surface area contributed by atoms with Gasteiger partial charge in [-0.05, 0) is 23.7 Å². The van der Waals surface area contributed by atoms with E-state index in [0.29, 0.717) is 4.40 Å². The van der Waals surface area contributed by atoms with Crippen molar-refractivity contribution in [3.05, 3.63) is 46.5 Å². The fraction of sp³-hybridized carbons (Fsp3) is 0.385. The molecule has 2 heterocycles. The lowest BCUT2D eigenvalue weighted by atomic mass is 9.96. The lowest BCUT2D eigenvalue weighted by Crippen LogP contribution is -2.65. The molecule has 0 N–H and O–H groups in total. The third kappa shape index (κ3) is 2.91. The zero-order chi connectivity index (χ0) is 21.1. The fourth-order valence-electron chi connectivity index (χ4n) is 1.95. The van der Waals surface area contributed by atoms with E-state index in [0.717, 1.165) is 18.3 Å². The molecule has 0 aliphatic carbocycles. The van der Waals surface area contributed by atoms with Crippen LogP contribution in [0.2, 0.25) is 0 Å². The summed E-state index contributed by atoms with van der Waals surface area (Å²) in [4.78, 5) is 14.5. The normalized spacial score (nSPS) is 14.6. The lowest BCUT2D eigenvalue weighted by Gasteiger charge is -2.37. The molecule has 3 nitrogen and oxygen atoms in total. The molecular formula is C13H5ClF10N2O. The molecule has 0 aliphatic rings. The second-order valence-corrected chi connectivity index (χ2v) is 5.68. The van der Waals surface area contributed by atoms with Crippen molar-refractivity contribution in [2.75, 3.05) is 0 Å². The maximum Gasteiger partial charge on any atom is 0.393 e. The molecule has 2 rings (SSSR count). The Morgan fingerprint density at radius 2 is 1.41 bits per heavy atom. The Morgan fingerprint density at radius 1 is 0.852 bits per heavy atom. The van der Waals surface area contributed by atoms with Crippen LogP contribution in [0.4, 0.5) is 43.9 Å². The van der Waals surface area contributed by atoms with E-state index in [1.807, 2.05) is 0 Å². The number of rotatable bonds is 5. The highest BCUT2D eigenvalue weighted by Gasteiger charge is 2.86. The molecule has 150 valence electrons. The van der Waals surface area contributed by atoms with Crippen molar-refractivity contribution in [2.24, 2.45) is 0 Å². The van der Waals surface area contributed by atoms with Gasteiger partial charge in [0, 0.05) is 12.3 Å². The molecule has 27 heavy (non-hydrogen) atoms. The van der Waals surface area contributed by atoms with Crippen LogP contribution < -0.4 is 5.56 Å². The number of halogens is 11. The van der Waals surface area contributed by atoms with Crippen molar-refractivity contribution in [1.82, 2.24) is 9.38 Å². The predicted octanol–water partition coefficient (Wildman–Crippen LogP) is 4.52. The minimum absolute atomic E-state index is 0.312. The van der Waals surface area contributed by atoms with E-state index in [2.05, 4.69) is 16.6 Å². The van der Waals surface area contributed by atoms with Gasteiger partial charge in [0.15, 0.2) is 0 Å². The van der Waals surface area contributed by atoms with E-state index in [1.165, 1.54) is 6.07 Å². The number of hydrogen-bond acceptors (Lipinski definition) is 2. The van der Waals surface area contributed by atoms with Crippen molar-refractivity contribution < 1.29 is 43.9 Å². The summed E-state index contributed by atoms with van der Waals surface area (Å²) in [6.45, 7) is 0. The summed E-state index contributed by atoms with van der Waals surface area (Å²) >= 11 is 3.70. The molecule has 2 aromatic rings. The quantitative estimate of drug-likeness (QED) is 0.516. The first-order valence-corrected chi connectivity index (χ1v) is 6.93. The molecule has 0 fully saturated rings. The zero-order valence-electron chi connectivity index (χ0n) is 12.3. The first kappa shape index (κ1) is 21.3. The van der Waals surface area contributed by atoms with E-state index in [1.54, 1.807) is 0 Å². The molecule has 0 radical (unpaired) electrons. The number of nitrogens with zero attached hydrogens (tertiary/aromatic N) is 2. The van der Waals surface area contributed by atoms with Crippen LogP contribution in [0.1, 0.15) is 5.69 Å². The van der Waals surface area contributed by atoms with Crippen LogP contribution >= 0.6 is 11.6 Å². The standard InChI is InChI=1S/C13H5ClF10N2O/c14-13(23,24)12(21,22)11(19,20)10(17,18)9(15,16)6-5-8(27)26-4-2-1-3-7(26)25-6/h1-5H. The molecule has 0 saturated heterocycles. The van der Waals surface area contributed by atoms with Gasteiger partial charge >= 0.3 is 29.1 Å². The van der Waals surface area contributed by atoms with E-state index in [4.69, 9.17) is 0 Å². The van der Waals surface area contributed by atoms with E-state index >= 15 is 0 Å². The van der Waals surface area contributed by atoms with Gasteiger partial charge in [0.1, 0.15) is 11.3 Å². The molecule has 0 unspecified atom stereocenters. The monoisotopic (exact) mass is 430 g/mol. The van der Waals surface area contributed by atoms with Crippen LogP contribution in [-0.4, -0.2) is 32.5 Å². The van der Waals surface area contributed by atoms with Crippen molar-refractivity contribution >= 4 is 17.2 Å². The minimum atomic E-state index is -7.32. The van der Waals surface area contributed by atoms with E-state index < -0.39 is 46.0 Å². The SMILES string of the molecule is O=c1cc(C(F)(F)C(F)(F)C(F)(F)C(F)(F)C(F)(F)Cl)nc2ccccn12. The highest BCUT2D eigenvalue weighted by molar-refractivity contribution is 6.22. The number of aromatic nitrogens is 2. The van der Waals surface area contributed by atoms with Gasteiger partial charge in [0.05, 0.1) is 0 Å². The Labute approximate surface area is 147 Å². The zero-order valence-corrected chi connectivity index (χ0v) is 13.1. The Hall–Kier alpha value is -2.05. The molecule has 0 aliphatic heterocycles. The summed E-state index contributed by atoms with van der Waals surface area (Å²) in [6.07, 6.45) is 0.960. The van der Waals surface area contributed by atoms with Crippen LogP contribution in [-0.2, 0) is 5.92 Å². The molecule has 0 amide bonds. The maximum absolute atomic E-state index is 14.0. The number of hydrogen-bond donors (Lipinski definition) is 0. The van der Waals surface area contributed by atoms with Gasteiger partial charge in [-0.15, -0.1) is 0 Å². The summed E-state index contributed by atoms with van der Waals surface area (Å²) in [6, 6.07) is 2.85. The summed E-state index contributed by atoms with van der Waals surface area (Å²) in [5.41, 5.74) is -4.48. The Morgan fingerprint density at radius 3 is 1.93 bits per heavy atom. The maximum atomic E-state index is 14.0. The first-order chi connectivity index (χ1) is 12.0. The van der Waals surface area contributed by atoms with Gasteiger partial charge in [-0.3, -0.25) is 9.20 Å². The first-order valence-electron chi connectivity index (χ1n) is 6.55. The van der Waals surface area contributed by atoms with E-state index in [9.17, 15) is 48.7 Å². The average Bonchev–Trinajstić information content (AvgIpc) is 2.53. The Kier molecular flexibility index (Phi) is 4.70. The molecule has 14 heteroatoms. The number of alkyl halides is 11. The van der Waals surface area contributed by atoms with Crippen LogP contribution in [0.15, 0.2) is 35.3 Å². The fourth-order valence-corrected chi connectivity index (χ4v) is 2.07. The van der Waals surface area contributed by atoms with Gasteiger partial charge in [0.2, 0.25) is 0 Å². The Balaban J connectivity index is 2.68. The van der Waals surface area contributed by atoms with Gasteiger partial charge in [0.25, 0.3) is 5.56 Å². The van der Waals surface area contributed by atoms with Crippen molar-refractivity contribution in [3.63, 3.8) is 0 Å².